The number of ketones is 2. The second kappa shape index (κ2) is 9.95. The van der Waals surface area contributed by atoms with Gasteiger partial charge in [-0.2, -0.15) is 0 Å². The first-order chi connectivity index (χ1) is 14.1. The third kappa shape index (κ3) is 5.07. The van der Waals surface area contributed by atoms with E-state index in [1.165, 1.54) is 0 Å². The van der Waals surface area contributed by atoms with Crippen molar-refractivity contribution in [3.8, 4) is 0 Å². The molecule has 0 saturated carbocycles. The second-order valence-electron chi connectivity index (χ2n) is 6.75. The van der Waals surface area contributed by atoms with E-state index >= 15 is 0 Å². The Kier molecular flexibility index (Phi) is 7.10. The molecule has 0 radical (unpaired) electrons. The highest BCUT2D eigenvalue weighted by atomic mass is 16.5. The zero-order chi connectivity index (χ0) is 20.6. The van der Waals surface area contributed by atoms with Crippen LogP contribution in [0.3, 0.4) is 0 Å². The van der Waals surface area contributed by atoms with Gasteiger partial charge in [-0.3, -0.25) is 14.4 Å². The number of benzene rings is 2. The zero-order valence-corrected chi connectivity index (χ0v) is 16.1. The van der Waals surface area contributed by atoms with E-state index in [-0.39, 0.29) is 18.1 Å². The molecule has 0 atom stereocenters. The van der Waals surface area contributed by atoms with Crippen LogP contribution in [0.15, 0.2) is 42.5 Å². The summed E-state index contributed by atoms with van der Waals surface area (Å²) >= 11 is 0. The molecular weight excluding hydrogens is 372 g/mol. The van der Waals surface area contributed by atoms with Crippen LogP contribution in [0.25, 0.3) is 0 Å². The third-order valence-electron chi connectivity index (χ3n) is 4.65. The van der Waals surface area contributed by atoms with Crippen LogP contribution in [-0.4, -0.2) is 55.5 Å². The van der Waals surface area contributed by atoms with Gasteiger partial charge in [-0.05, 0) is 25.5 Å². The molecule has 7 heteroatoms. The molecule has 0 aliphatic heterocycles. The van der Waals surface area contributed by atoms with Gasteiger partial charge in [0.15, 0.2) is 11.6 Å². The van der Waals surface area contributed by atoms with Crippen LogP contribution in [-0.2, 0) is 9.53 Å². The van der Waals surface area contributed by atoms with Crippen molar-refractivity contribution in [3.63, 3.8) is 0 Å². The number of carbonyl (C=O) groups excluding carboxylic acids is 2. The molecule has 152 valence electrons. The van der Waals surface area contributed by atoms with Crippen LogP contribution in [0.4, 0.5) is 5.69 Å². The average molecular weight is 396 g/mol. The van der Waals surface area contributed by atoms with E-state index in [1.807, 2.05) is 6.07 Å². The van der Waals surface area contributed by atoms with Gasteiger partial charge in [0.25, 0.3) is 0 Å². The molecule has 3 rings (SSSR count). The highest BCUT2D eigenvalue weighted by Gasteiger charge is 2.31. The number of hydrogen-bond donors (Lipinski definition) is 3. The van der Waals surface area contributed by atoms with E-state index in [2.05, 4.69) is 10.6 Å². The van der Waals surface area contributed by atoms with Crippen molar-refractivity contribution in [2.45, 2.75) is 12.8 Å². The van der Waals surface area contributed by atoms with E-state index in [0.717, 1.165) is 12.8 Å². The van der Waals surface area contributed by atoms with Crippen molar-refractivity contribution in [2.75, 3.05) is 38.2 Å². The standard InChI is InChI=1S/C22H24N2O5/c25-19(26)14-23-10-4-12-29-13-5-11-24-18-9-3-8-17-20(18)22(28)16-7-2-1-6-15(16)21(17)27/h1-3,6-9,23-24H,4-5,10-14H2,(H,25,26). The summed E-state index contributed by atoms with van der Waals surface area (Å²) in [6.07, 6.45) is 1.48. The Morgan fingerprint density at radius 2 is 1.52 bits per heavy atom. The summed E-state index contributed by atoms with van der Waals surface area (Å²) in [5.74, 6) is -1.13. The van der Waals surface area contributed by atoms with Crippen molar-refractivity contribution in [2.24, 2.45) is 0 Å². The van der Waals surface area contributed by atoms with E-state index < -0.39 is 5.97 Å². The molecule has 0 aromatic heterocycles. The molecule has 0 amide bonds. The lowest BCUT2D eigenvalue weighted by Crippen LogP contribution is -2.24. The van der Waals surface area contributed by atoms with Crippen molar-refractivity contribution in [1.82, 2.24) is 5.32 Å². The van der Waals surface area contributed by atoms with Gasteiger partial charge >= 0.3 is 5.97 Å². The molecule has 2 aromatic carbocycles. The minimum atomic E-state index is -0.872. The number of carboxylic acids is 1. The fourth-order valence-electron chi connectivity index (χ4n) is 3.29. The number of hydrogen-bond acceptors (Lipinski definition) is 6. The Balaban J connectivity index is 1.48. The molecule has 0 heterocycles. The maximum Gasteiger partial charge on any atom is 0.317 e. The smallest absolute Gasteiger partial charge is 0.317 e. The van der Waals surface area contributed by atoms with Gasteiger partial charge in [0.2, 0.25) is 0 Å². The summed E-state index contributed by atoms with van der Waals surface area (Å²) < 4.78 is 5.53. The Hall–Kier alpha value is -3.03. The predicted molar refractivity (Wildman–Crippen MR) is 109 cm³/mol. The summed E-state index contributed by atoms with van der Waals surface area (Å²) in [5, 5.41) is 14.6. The van der Waals surface area contributed by atoms with Gasteiger partial charge in [-0.25, -0.2) is 0 Å². The first-order valence-electron chi connectivity index (χ1n) is 9.65. The van der Waals surface area contributed by atoms with Crippen LogP contribution in [0.2, 0.25) is 0 Å². The van der Waals surface area contributed by atoms with E-state index in [1.54, 1.807) is 36.4 Å². The van der Waals surface area contributed by atoms with Crippen LogP contribution in [0.5, 0.6) is 0 Å². The maximum atomic E-state index is 12.9. The minimum absolute atomic E-state index is 0.0446. The fraction of sp³-hybridized carbons (Fsp3) is 0.318. The molecule has 0 fully saturated rings. The molecule has 0 saturated heterocycles. The highest BCUT2D eigenvalue weighted by molar-refractivity contribution is 6.30. The topological polar surface area (TPSA) is 105 Å². The normalized spacial score (nSPS) is 12.4. The SMILES string of the molecule is O=C(O)CNCCCOCCCNc1cccc2c1C(=O)c1ccccc1C2=O. The Bertz CT molecular complexity index is 910. The van der Waals surface area contributed by atoms with Crippen molar-refractivity contribution >= 4 is 23.2 Å². The Morgan fingerprint density at radius 1 is 0.862 bits per heavy atom. The fourth-order valence-corrected chi connectivity index (χ4v) is 3.29. The number of ether oxygens (including phenoxy) is 1. The molecule has 1 aliphatic carbocycles. The van der Waals surface area contributed by atoms with Crippen molar-refractivity contribution < 1.29 is 24.2 Å². The molecule has 1 aliphatic rings. The second-order valence-corrected chi connectivity index (χ2v) is 6.75. The van der Waals surface area contributed by atoms with Gasteiger partial charge in [-0.15, -0.1) is 0 Å². The largest absolute Gasteiger partial charge is 0.480 e. The van der Waals surface area contributed by atoms with Gasteiger partial charge in [0.05, 0.1) is 12.1 Å². The van der Waals surface area contributed by atoms with E-state index in [9.17, 15) is 14.4 Å². The highest BCUT2D eigenvalue weighted by Crippen LogP contribution is 2.31. The maximum absolute atomic E-state index is 12.9. The first kappa shape index (κ1) is 20.7. The number of rotatable bonds is 11. The van der Waals surface area contributed by atoms with Crippen LogP contribution < -0.4 is 10.6 Å². The zero-order valence-electron chi connectivity index (χ0n) is 16.1. The molecule has 3 N–H and O–H groups in total. The lowest BCUT2D eigenvalue weighted by Gasteiger charge is -2.20. The molecule has 0 bridgehead atoms. The number of aliphatic carboxylic acids is 1. The number of carbonyl (C=O) groups is 3. The van der Waals surface area contributed by atoms with Gasteiger partial charge < -0.3 is 20.5 Å². The molecule has 29 heavy (non-hydrogen) atoms. The lowest BCUT2D eigenvalue weighted by atomic mass is 9.83. The number of nitrogens with one attached hydrogen (secondary N) is 2. The van der Waals surface area contributed by atoms with Gasteiger partial charge in [0.1, 0.15) is 0 Å². The minimum Gasteiger partial charge on any atom is -0.480 e. The summed E-state index contributed by atoms with van der Waals surface area (Å²) in [5.41, 5.74) is 2.42. The summed E-state index contributed by atoms with van der Waals surface area (Å²) in [6, 6.07) is 12.2. The van der Waals surface area contributed by atoms with Crippen molar-refractivity contribution in [1.29, 1.82) is 0 Å². The van der Waals surface area contributed by atoms with Crippen LogP contribution >= 0.6 is 0 Å². The van der Waals surface area contributed by atoms with E-state index in [0.29, 0.717) is 54.2 Å². The molecule has 7 nitrogen and oxygen atoms in total. The Labute approximate surface area is 169 Å². The number of fused-ring (bicyclic) bond motifs is 2. The molecule has 2 aromatic rings. The summed E-state index contributed by atoms with van der Waals surface area (Å²) in [4.78, 5) is 36.0. The molecule has 0 spiro atoms. The summed E-state index contributed by atoms with van der Waals surface area (Å²) in [6.45, 7) is 2.26. The number of anilines is 1. The molecular formula is C22H24N2O5. The lowest BCUT2D eigenvalue weighted by molar-refractivity contribution is -0.135. The Morgan fingerprint density at radius 3 is 2.24 bits per heavy atom. The van der Waals surface area contributed by atoms with Gasteiger partial charge in [0, 0.05) is 42.1 Å². The summed E-state index contributed by atoms with van der Waals surface area (Å²) in [7, 11) is 0. The monoisotopic (exact) mass is 396 g/mol. The van der Waals surface area contributed by atoms with Crippen molar-refractivity contribution in [3.05, 3.63) is 64.7 Å². The van der Waals surface area contributed by atoms with Crippen LogP contribution in [0, 0.1) is 0 Å². The van der Waals surface area contributed by atoms with Crippen LogP contribution in [0.1, 0.15) is 44.7 Å². The van der Waals surface area contributed by atoms with E-state index in [4.69, 9.17) is 9.84 Å². The third-order valence-corrected chi connectivity index (χ3v) is 4.65. The first-order valence-corrected chi connectivity index (χ1v) is 9.65. The predicted octanol–water partition coefficient (Wildman–Crippen LogP) is 2.34. The van der Waals surface area contributed by atoms with Gasteiger partial charge in [-0.1, -0.05) is 36.4 Å². The quantitative estimate of drug-likeness (QED) is 0.427. The molecule has 0 unspecified atom stereocenters. The average Bonchev–Trinajstić information content (AvgIpc) is 2.73. The number of carboxylic acid groups (broad SMARTS) is 1.